The van der Waals surface area contributed by atoms with Crippen LogP contribution in [0.15, 0.2) is 66.9 Å². The number of nitrogens with zero attached hydrogens (tertiary/aromatic N) is 2. The number of para-hydroxylation sites is 1. The number of hydrogen-bond donors (Lipinski definition) is 1. The van der Waals surface area contributed by atoms with Crippen LogP contribution in [0.2, 0.25) is 0 Å². The first-order valence-corrected chi connectivity index (χ1v) is 10.2. The van der Waals surface area contributed by atoms with Gasteiger partial charge in [0.15, 0.2) is 0 Å². The summed E-state index contributed by atoms with van der Waals surface area (Å²) >= 11 is 0. The summed E-state index contributed by atoms with van der Waals surface area (Å²) < 4.78 is 7.81. The Bertz CT molecular complexity index is 978. The maximum atomic E-state index is 13.3. The Morgan fingerprint density at radius 2 is 1.83 bits per heavy atom. The zero-order valence-corrected chi connectivity index (χ0v) is 17.0. The number of aryl methyl sites for hydroxylation is 1. The number of rotatable bonds is 5. The molecule has 0 saturated heterocycles. The van der Waals surface area contributed by atoms with Crippen molar-refractivity contribution in [2.75, 3.05) is 18.5 Å². The van der Waals surface area contributed by atoms with Crippen LogP contribution in [0, 0.1) is 0 Å². The second kappa shape index (κ2) is 8.43. The van der Waals surface area contributed by atoms with Gasteiger partial charge in [0, 0.05) is 30.7 Å². The second-order valence-corrected chi connectivity index (χ2v) is 7.17. The van der Waals surface area contributed by atoms with E-state index in [1.54, 1.807) is 0 Å². The van der Waals surface area contributed by atoms with Crippen LogP contribution in [0.3, 0.4) is 0 Å². The Balaban J connectivity index is 1.65. The van der Waals surface area contributed by atoms with E-state index in [1.807, 2.05) is 48.2 Å². The number of aromatic nitrogens is 1. The summed E-state index contributed by atoms with van der Waals surface area (Å²) in [6.07, 6.45) is 2.96. The second-order valence-electron chi connectivity index (χ2n) is 7.17. The van der Waals surface area contributed by atoms with Gasteiger partial charge in [-0.25, -0.2) is 4.79 Å². The van der Waals surface area contributed by atoms with Crippen LogP contribution in [0.4, 0.5) is 10.5 Å². The molecular formula is C24H27N3O2. The number of amides is 2. The summed E-state index contributed by atoms with van der Waals surface area (Å²) in [5.41, 5.74) is 4.22. The van der Waals surface area contributed by atoms with Gasteiger partial charge in [-0.15, -0.1) is 0 Å². The van der Waals surface area contributed by atoms with Crippen molar-refractivity contribution >= 4 is 11.7 Å². The van der Waals surface area contributed by atoms with E-state index in [2.05, 4.69) is 47.3 Å². The van der Waals surface area contributed by atoms with E-state index >= 15 is 0 Å². The highest BCUT2D eigenvalue weighted by Gasteiger charge is 2.32. The number of benzene rings is 2. The minimum Gasteiger partial charge on any atom is -0.494 e. The molecule has 4 rings (SSSR count). The Kier molecular flexibility index (Phi) is 5.56. The molecule has 1 aliphatic heterocycles. The third-order valence-electron chi connectivity index (χ3n) is 5.45. The largest absolute Gasteiger partial charge is 0.494 e. The van der Waals surface area contributed by atoms with Crippen LogP contribution in [-0.4, -0.2) is 28.6 Å². The molecule has 1 atom stereocenters. The van der Waals surface area contributed by atoms with Crippen LogP contribution in [0.5, 0.6) is 5.75 Å². The summed E-state index contributed by atoms with van der Waals surface area (Å²) in [6.45, 7) is 6.15. The van der Waals surface area contributed by atoms with E-state index in [4.69, 9.17) is 4.74 Å². The lowest BCUT2D eigenvalue weighted by molar-refractivity contribution is 0.182. The number of nitrogens with one attached hydrogen (secondary N) is 1. The molecule has 0 bridgehead atoms. The number of fused-ring (bicyclic) bond motifs is 1. The van der Waals surface area contributed by atoms with E-state index in [1.165, 1.54) is 0 Å². The Morgan fingerprint density at radius 1 is 1.03 bits per heavy atom. The number of carbonyl (C=O) groups excluding carboxylic acids is 1. The summed E-state index contributed by atoms with van der Waals surface area (Å²) in [7, 11) is 0. The quantitative estimate of drug-likeness (QED) is 0.661. The topological polar surface area (TPSA) is 46.5 Å². The highest BCUT2D eigenvalue weighted by Crippen LogP contribution is 2.34. The fourth-order valence-electron chi connectivity index (χ4n) is 4.00. The predicted octanol–water partition coefficient (Wildman–Crippen LogP) is 5.09. The lowest BCUT2D eigenvalue weighted by Crippen LogP contribution is -2.44. The first kappa shape index (κ1) is 19.1. The standard InChI is InChI=1S/C24H27N3O2/c1-3-18-8-5-6-9-21(18)25-24(28)27-17-16-26-15-7-10-22(26)23(27)19-11-13-20(14-12-19)29-4-2/h5-15,23H,3-4,16-17H2,1-2H3,(H,25,28)/t23-/m0/s1. The van der Waals surface area contributed by atoms with E-state index in [-0.39, 0.29) is 12.1 Å². The molecule has 0 fully saturated rings. The normalized spacial score (nSPS) is 15.7. The Morgan fingerprint density at radius 3 is 2.59 bits per heavy atom. The van der Waals surface area contributed by atoms with Gasteiger partial charge in [0.2, 0.25) is 0 Å². The molecule has 150 valence electrons. The maximum absolute atomic E-state index is 13.3. The van der Waals surface area contributed by atoms with E-state index in [0.717, 1.165) is 41.2 Å². The minimum absolute atomic E-state index is 0.0720. The fraction of sp³-hybridized carbons (Fsp3) is 0.292. The van der Waals surface area contributed by atoms with E-state index < -0.39 is 0 Å². The molecule has 3 aromatic rings. The average molecular weight is 389 g/mol. The highest BCUT2D eigenvalue weighted by molar-refractivity contribution is 5.90. The minimum atomic E-state index is -0.136. The van der Waals surface area contributed by atoms with Crippen molar-refractivity contribution in [3.05, 3.63) is 83.7 Å². The Labute approximate surface area is 171 Å². The van der Waals surface area contributed by atoms with Crippen LogP contribution in [0.1, 0.15) is 36.7 Å². The lowest BCUT2D eigenvalue weighted by atomic mass is 10.00. The first-order chi connectivity index (χ1) is 14.2. The van der Waals surface area contributed by atoms with Crippen LogP contribution in [0.25, 0.3) is 0 Å². The summed E-state index contributed by atoms with van der Waals surface area (Å²) in [5.74, 6) is 0.843. The van der Waals surface area contributed by atoms with Gasteiger partial charge < -0.3 is 19.5 Å². The predicted molar refractivity (Wildman–Crippen MR) is 115 cm³/mol. The third-order valence-corrected chi connectivity index (χ3v) is 5.45. The molecule has 0 aliphatic carbocycles. The van der Waals surface area contributed by atoms with Gasteiger partial charge in [-0.1, -0.05) is 37.3 Å². The van der Waals surface area contributed by atoms with Crippen molar-refractivity contribution in [1.82, 2.24) is 9.47 Å². The smallest absolute Gasteiger partial charge is 0.322 e. The molecule has 0 saturated carbocycles. The van der Waals surface area contributed by atoms with Crippen molar-refractivity contribution in [2.45, 2.75) is 32.9 Å². The van der Waals surface area contributed by atoms with Crippen LogP contribution < -0.4 is 10.1 Å². The van der Waals surface area contributed by atoms with Crippen LogP contribution in [-0.2, 0) is 13.0 Å². The van der Waals surface area contributed by atoms with Crippen molar-refractivity contribution in [2.24, 2.45) is 0 Å². The molecule has 1 aromatic heterocycles. The maximum Gasteiger partial charge on any atom is 0.322 e. The van der Waals surface area contributed by atoms with Crippen molar-refractivity contribution in [3.8, 4) is 5.75 Å². The molecule has 2 amide bonds. The monoisotopic (exact) mass is 389 g/mol. The van der Waals surface area contributed by atoms with Gasteiger partial charge in [-0.3, -0.25) is 0 Å². The Hall–Kier alpha value is -3.21. The molecule has 5 nitrogen and oxygen atoms in total. The van der Waals surface area contributed by atoms with Gasteiger partial charge in [-0.05, 0) is 54.8 Å². The number of urea groups is 1. The molecule has 29 heavy (non-hydrogen) atoms. The fourth-order valence-corrected chi connectivity index (χ4v) is 4.00. The zero-order valence-electron chi connectivity index (χ0n) is 17.0. The van der Waals surface area contributed by atoms with Crippen LogP contribution >= 0.6 is 0 Å². The number of anilines is 1. The molecule has 5 heteroatoms. The molecule has 0 spiro atoms. The SMILES string of the molecule is CCOc1ccc([C@H]2c3cccn3CCN2C(=O)Nc2ccccc2CC)cc1. The number of ether oxygens (including phenoxy) is 1. The molecule has 1 N–H and O–H groups in total. The van der Waals surface area contributed by atoms with Crippen molar-refractivity contribution in [3.63, 3.8) is 0 Å². The molecular weight excluding hydrogens is 362 g/mol. The summed E-state index contributed by atoms with van der Waals surface area (Å²) in [5, 5.41) is 3.14. The summed E-state index contributed by atoms with van der Waals surface area (Å²) in [4.78, 5) is 15.2. The van der Waals surface area contributed by atoms with E-state index in [0.29, 0.717) is 13.2 Å². The highest BCUT2D eigenvalue weighted by atomic mass is 16.5. The third kappa shape index (κ3) is 3.86. The lowest BCUT2D eigenvalue weighted by Gasteiger charge is -2.37. The first-order valence-electron chi connectivity index (χ1n) is 10.2. The van der Waals surface area contributed by atoms with Gasteiger partial charge in [-0.2, -0.15) is 0 Å². The van der Waals surface area contributed by atoms with Gasteiger partial charge in [0.1, 0.15) is 5.75 Å². The van der Waals surface area contributed by atoms with Crippen molar-refractivity contribution < 1.29 is 9.53 Å². The molecule has 1 aliphatic rings. The molecule has 0 radical (unpaired) electrons. The number of hydrogen-bond acceptors (Lipinski definition) is 2. The van der Waals surface area contributed by atoms with E-state index in [9.17, 15) is 4.79 Å². The van der Waals surface area contributed by atoms with Gasteiger partial charge in [0.05, 0.1) is 12.6 Å². The van der Waals surface area contributed by atoms with Crippen molar-refractivity contribution in [1.29, 1.82) is 0 Å². The molecule has 0 unspecified atom stereocenters. The van der Waals surface area contributed by atoms with Gasteiger partial charge in [0.25, 0.3) is 0 Å². The molecule has 2 heterocycles. The number of carbonyl (C=O) groups is 1. The average Bonchev–Trinajstić information content (AvgIpc) is 3.23. The summed E-state index contributed by atoms with van der Waals surface area (Å²) in [6, 6.07) is 20.0. The zero-order chi connectivity index (χ0) is 20.2. The van der Waals surface area contributed by atoms with Gasteiger partial charge >= 0.3 is 6.03 Å². The molecule has 2 aromatic carbocycles.